The fraction of sp³-hybridized carbons (Fsp3) is 0.567. The number of aryl methyl sites for hydroxylation is 4. The lowest BCUT2D eigenvalue weighted by molar-refractivity contribution is -0.101. The number of halogens is 4. The number of carbonyl (C=O) groups excluding carboxylic acids is 4. The Balaban J connectivity index is 0.000000116. The van der Waals surface area contributed by atoms with Crippen LogP contribution in [0.2, 0.25) is 20.1 Å². The second-order valence-corrected chi connectivity index (χ2v) is 47.2. The van der Waals surface area contributed by atoms with Crippen LogP contribution in [0.3, 0.4) is 0 Å². The van der Waals surface area contributed by atoms with Crippen molar-refractivity contribution in [1.29, 1.82) is 0 Å². The van der Waals surface area contributed by atoms with E-state index in [2.05, 4.69) is 68.1 Å². The fourth-order valence-corrected chi connectivity index (χ4v) is 29.0. The molecule has 0 aromatic heterocycles. The van der Waals surface area contributed by atoms with Gasteiger partial charge in [-0.3, -0.25) is 0 Å². The Labute approximate surface area is 889 Å². The number of esters is 4. The van der Waals surface area contributed by atoms with Crippen LogP contribution >= 0.6 is 46.4 Å². The molecule has 8 aromatic rings. The van der Waals surface area contributed by atoms with Crippen LogP contribution in [0, 0.1) is 47.3 Å². The molecule has 16 aliphatic rings. The first-order valence-electron chi connectivity index (χ1n) is 54.6. The van der Waals surface area contributed by atoms with Crippen LogP contribution in [-0.4, -0.2) is 227 Å². The predicted molar refractivity (Wildman–Crippen MR) is 571 cm³/mol. The van der Waals surface area contributed by atoms with Crippen LogP contribution in [-0.2, 0) is 85.2 Å². The molecule has 8 aliphatic carbocycles. The first kappa shape index (κ1) is 105. The number of carbonyl (C=O) groups is 4. The van der Waals surface area contributed by atoms with Crippen molar-refractivity contribution in [1.82, 2.24) is 0 Å². The van der Waals surface area contributed by atoms with Crippen LogP contribution in [0.5, 0.6) is 23.0 Å². The Bertz CT molecular complexity index is 5410. The van der Waals surface area contributed by atoms with Crippen LogP contribution in [0.4, 0.5) is 22.7 Å². The number of methoxy groups -OCH3 is 4. The Morgan fingerprint density at radius 2 is 0.527 bits per heavy atom. The fourth-order valence-electron chi connectivity index (χ4n) is 28.2. The van der Waals surface area contributed by atoms with Gasteiger partial charge < -0.3 is 96.9 Å². The molecular formula is C120H144Cl4N4O20. The van der Waals surface area contributed by atoms with Gasteiger partial charge in [-0.25, -0.2) is 19.2 Å². The zero-order chi connectivity index (χ0) is 102. The molecule has 4 N–H and O–H groups in total. The minimum Gasteiger partial charge on any atom is -0.490 e. The molecule has 24 nitrogen and oxygen atoms in total. The maximum atomic E-state index is 12.4. The monoisotopic (exact) mass is 2100 g/mol. The molecule has 0 radical (unpaired) electrons. The maximum Gasteiger partial charge on any atom is 0.337 e. The topological polar surface area (TPSA) is 273 Å². The summed E-state index contributed by atoms with van der Waals surface area (Å²) in [7, 11) is 5.66. The number of rotatable bonds is 16. The third-order valence-electron chi connectivity index (χ3n) is 36.6. The molecule has 8 aromatic carbocycles. The van der Waals surface area contributed by atoms with Gasteiger partial charge in [0.25, 0.3) is 0 Å². The van der Waals surface area contributed by atoms with Crippen molar-refractivity contribution in [2.24, 2.45) is 47.3 Å². The molecule has 0 amide bonds. The van der Waals surface area contributed by atoms with Crippen LogP contribution in [0.1, 0.15) is 240 Å². The van der Waals surface area contributed by atoms with Gasteiger partial charge in [-0.15, -0.1) is 0 Å². The van der Waals surface area contributed by atoms with E-state index in [4.69, 9.17) is 103 Å². The van der Waals surface area contributed by atoms with Crippen LogP contribution in [0.25, 0.3) is 0 Å². The van der Waals surface area contributed by atoms with E-state index >= 15 is 0 Å². The van der Waals surface area contributed by atoms with E-state index in [9.17, 15) is 39.6 Å². The number of fused-ring (bicyclic) bond motifs is 12. The number of ether oxygens (including phenoxy) is 12. The predicted octanol–water partition coefficient (Wildman–Crippen LogP) is 20.7. The highest BCUT2D eigenvalue weighted by Crippen LogP contribution is 2.56. The van der Waals surface area contributed by atoms with Gasteiger partial charge in [0.15, 0.2) is 0 Å². The number of benzene rings is 8. The zero-order valence-corrected chi connectivity index (χ0v) is 88.9. The minimum atomic E-state index is -0.342. The third-order valence-corrected chi connectivity index (χ3v) is 37.6. The summed E-state index contributed by atoms with van der Waals surface area (Å²) in [4.78, 5) is 59.5. The highest BCUT2D eigenvalue weighted by atomic mass is 35.5. The molecule has 8 aliphatic heterocycles. The van der Waals surface area contributed by atoms with E-state index in [1.807, 2.05) is 72.8 Å². The number of anilines is 4. The largest absolute Gasteiger partial charge is 0.490 e. The SMILES string of the molecule is COC(=O)c1ccc2c(c1)N(C[C@@H]1CC[C@H]1[C@@H]1C[C@@H](O)CCO1)C[C@@]1(CCCc3cc(Cl)ccc31)CO2.COC(=O)c1ccc2c(c1)N(C[C@@H]1CC[C@H]1[C@@H]1C[C@H](O)CCO1)C[C@@]1(CCCc3cc(Cl)ccc31)CO2.COC(=O)c1ccc2c(c1)N(C[C@@H]1CC[C@H]1[C@H]1C[C@@H](O)CCO1)C[C@@]1(CCCc3cc(Cl)ccc31)CO2.COC(=O)c1ccc2c(c1)N(C[C@@H]1CC[C@H]1[C@H]1C[C@H](O)CCO1)C[C@@]1(CCCc3cc(Cl)ccc31)CO2. The Hall–Kier alpha value is -9.12. The van der Waals surface area contributed by atoms with E-state index in [0.717, 1.165) is 298 Å². The minimum absolute atomic E-state index is 0.123. The van der Waals surface area contributed by atoms with Crippen molar-refractivity contribution >= 4 is 93.0 Å². The summed E-state index contributed by atoms with van der Waals surface area (Å²) >= 11 is 25.5. The number of aliphatic hydroxyl groups is 4. The standard InChI is InChI=1S/4C30H36ClNO5/c4*1-35-29(34)20-5-9-27-26(14-20)32(16-21-4-7-24(21)28-15-23(33)10-12-36-28)17-30(18-37-27)11-2-3-19-13-22(31)6-8-25(19)30/h4*5-6,8-9,13-14,21,23-24,28,33H,2-4,7,10-12,15-18H2,1H3/t21-,23+,24+,28+,30-;21-,23+,24+,28-,30-;21-,23-,24+,28+,30-;21-,23-,24+,28-,30-/m0000/s1. The normalized spacial score (nSPS) is 30.9. The molecule has 0 unspecified atom stereocenters. The van der Waals surface area contributed by atoms with E-state index in [-0.39, 0.29) is 94.4 Å². The summed E-state index contributed by atoms with van der Waals surface area (Å²) in [6.07, 6.45) is 27.0. The number of hydrogen-bond donors (Lipinski definition) is 4. The molecule has 792 valence electrons. The summed E-state index contributed by atoms with van der Waals surface area (Å²) in [5, 5.41) is 44.1. The first-order valence-corrected chi connectivity index (χ1v) is 56.1. The molecule has 8 fully saturated rings. The third kappa shape index (κ3) is 22.0. The Morgan fingerprint density at radius 3 is 0.723 bits per heavy atom. The Kier molecular flexibility index (Phi) is 32.0. The molecule has 20 atom stereocenters. The first-order chi connectivity index (χ1) is 71.8. The molecule has 0 bridgehead atoms. The van der Waals surface area contributed by atoms with Crippen molar-refractivity contribution in [2.75, 3.05) is 153 Å². The van der Waals surface area contributed by atoms with Gasteiger partial charge in [-0.2, -0.15) is 0 Å². The summed E-state index contributed by atoms with van der Waals surface area (Å²) in [6.45, 7) is 11.7. The smallest absolute Gasteiger partial charge is 0.337 e. The van der Waals surface area contributed by atoms with Crippen molar-refractivity contribution in [2.45, 2.75) is 250 Å². The Morgan fingerprint density at radius 1 is 0.304 bits per heavy atom. The van der Waals surface area contributed by atoms with Gasteiger partial charge in [0.05, 0.1) is 149 Å². The number of hydrogen-bond acceptors (Lipinski definition) is 24. The van der Waals surface area contributed by atoms with E-state index in [1.54, 1.807) is 24.3 Å². The molecule has 8 heterocycles. The molecule has 24 rings (SSSR count). The van der Waals surface area contributed by atoms with E-state index < -0.39 is 0 Å². The maximum absolute atomic E-state index is 12.4. The summed E-state index contributed by atoms with van der Waals surface area (Å²) in [5.41, 5.74) is 15.9. The van der Waals surface area contributed by atoms with Crippen molar-refractivity contribution in [3.8, 4) is 23.0 Å². The van der Waals surface area contributed by atoms with Crippen LogP contribution in [0.15, 0.2) is 146 Å². The second-order valence-electron chi connectivity index (χ2n) is 45.5. The lowest BCUT2D eigenvalue weighted by atomic mass is 9.67. The quantitative estimate of drug-likeness (QED) is 0.0517. The lowest BCUT2D eigenvalue weighted by Gasteiger charge is -2.47. The van der Waals surface area contributed by atoms with Gasteiger partial charge in [0.1, 0.15) is 23.0 Å². The van der Waals surface area contributed by atoms with Gasteiger partial charge in [-0.05, 0) is 393 Å². The van der Waals surface area contributed by atoms with Crippen molar-refractivity contribution < 1.29 is 96.4 Å². The van der Waals surface area contributed by atoms with Crippen LogP contribution < -0.4 is 38.5 Å². The highest BCUT2D eigenvalue weighted by Gasteiger charge is 2.53. The summed E-state index contributed by atoms with van der Waals surface area (Å²) in [6, 6.07) is 47.8. The number of aliphatic hydroxyl groups excluding tert-OH is 4. The molecule has 148 heavy (non-hydrogen) atoms. The molecule has 4 saturated carbocycles. The highest BCUT2D eigenvalue weighted by molar-refractivity contribution is 6.31. The lowest BCUT2D eigenvalue weighted by Crippen LogP contribution is -2.50. The molecule has 28 heteroatoms. The van der Waals surface area contributed by atoms with Gasteiger partial charge in [-0.1, -0.05) is 70.7 Å². The average molecular weight is 2100 g/mol. The summed E-state index contributed by atoms with van der Waals surface area (Å²) in [5.74, 6) is 5.52. The van der Waals surface area contributed by atoms with Crippen molar-refractivity contribution in [3.63, 3.8) is 0 Å². The molecular weight excluding hydrogens is 1960 g/mol. The molecule has 4 saturated heterocycles. The number of nitrogens with zero attached hydrogens (tertiary/aromatic N) is 4. The second kappa shape index (κ2) is 45.3. The van der Waals surface area contributed by atoms with Gasteiger partial charge in [0, 0.05) is 121 Å². The van der Waals surface area contributed by atoms with E-state index in [1.165, 1.54) is 72.9 Å². The van der Waals surface area contributed by atoms with E-state index in [0.29, 0.717) is 122 Å². The zero-order valence-electron chi connectivity index (χ0n) is 85.8. The summed E-state index contributed by atoms with van der Waals surface area (Å²) < 4.78 is 70.7. The molecule has 4 spiro atoms. The van der Waals surface area contributed by atoms with Gasteiger partial charge in [0.2, 0.25) is 0 Å². The average Bonchev–Trinajstić information content (AvgIpc) is 1.59. The van der Waals surface area contributed by atoms with Gasteiger partial charge >= 0.3 is 23.9 Å². The van der Waals surface area contributed by atoms with Crippen molar-refractivity contribution in [3.05, 3.63) is 232 Å².